The lowest BCUT2D eigenvalue weighted by Gasteiger charge is -2.22. The summed E-state index contributed by atoms with van der Waals surface area (Å²) >= 11 is 0. The normalized spacial score (nSPS) is 23.8. The minimum atomic E-state index is 0.0607. The summed E-state index contributed by atoms with van der Waals surface area (Å²) in [7, 11) is 0. The van der Waals surface area contributed by atoms with Crippen molar-refractivity contribution in [3.8, 4) is 0 Å². The Morgan fingerprint density at radius 2 is 2.23 bits per heavy atom. The number of aromatic nitrogens is 2. The number of nitrogens with zero attached hydrogens (tertiary/aromatic N) is 4. The highest BCUT2D eigenvalue weighted by molar-refractivity contribution is 5.93. The molecule has 7 heteroatoms. The first-order valence-electron chi connectivity index (χ1n) is 9.32. The Morgan fingerprint density at radius 3 is 3.00 bits per heavy atom. The molecule has 0 saturated carbocycles. The average molecular weight is 358 g/mol. The van der Waals surface area contributed by atoms with Gasteiger partial charge in [0.15, 0.2) is 0 Å². The van der Waals surface area contributed by atoms with E-state index < -0.39 is 0 Å². The van der Waals surface area contributed by atoms with E-state index in [1.54, 1.807) is 17.2 Å². The average Bonchev–Trinajstić information content (AvgIpc) is 3.33. The standard InChI is InChI=1S/C19H26N4O3/c1-3-23-17(8-14(2)20-23)19(24)22-11-16-10-21(5-7-26-18(16)12-22)9-15-4-6-25-13-15/h4,6,8,13,16,18H,3,5,7,9-12H2,1-2H3/t16-,18+/m1/s1. The van der Waals surface area contributed by atoms with Gasteiger partial charge in [0.2, 0.25) is 0 Å². The molecule has 2 fully saturated rings. The molecule has 2 aromatic rings. The van der Waals surface area contributed by atoms with Crippen LogP contribution in [0.4, 0.5) is 0 Å². The molecular weight excluding hydrogens is 332 g/mol. The van der Waals surface area contributed by atoms with Gasteiger partial charge in [-0.25, -0.2) is 0 Å². The van der Waals surface area contributed by atoms with Gasteiger partial charge in [-0.3, -0.25) is 14.4 Å². The van der Waals surface area contributed by atoms with E-state index in [1.165, 1.54) is 5.56 Å². The van der Waals surface area contributed by atoms with Gasteiger partial charge < -0.3 is 14.1 Å². The highest BCUT2D eigenvalue weighted by Gasteiger charge is 2.39. The Morgan fingerprint density at radius 1 is 1.35 bits per heavy atom. The number of amides is 1. The molecule has 0 aromatic carbocycles. The molecule has 2 aromatic heterocycles. The molecule has 140 valence electrons. The molecule has 0 spiro atoms. The van der Waals surface area contributed by atoms with Crippen molar-refractivity contribution in [3.63, 3.8) is 0 Å². The lowest BCUT2D eigenvalue weighted by atomic mass is 10.1. The number of ether oxygens (including phenoxy) is 1. The van der Waals surface area contributed by atoms with Crippen LogP contribution in [0.1, 0.15) is 28.7 Å². The van der Waals surface area contributed by atoms with Crippen LogP contribution in [0.25, 0.3) is 0 Å². The summed E-state index contributed by atoms with van der Waals surface area (Å²) in [5, 5.41) is 4.40. The molecule has 0 aliphatic carbocycles. The van der Waals surface area contributed by atoms with E-state index in [2.05, 4.69) is 10.00 Å². The summed E-state index contributed by atoms with van der Waals surface area (Å²) in [4.78, 5) is 17.3. The van der Waals surface area contributed by atoms with Crippen LogP contribution in [0.15, 0.2) is 29.1 Å². The predicted octanol–water partition coefficient (Wildman–Crippen LogP) is 1.78. The Balaban J connectivity index is 1.44. The number of hydrogen-bond acceptors (Lipinski definition) is 5. The van der Waals surface area contributed by atoms with Crippen molar-refractivity contribution in [3.05, 3.63) is 41.6 Å². The molecule has 4 rings (SSSR count). The summed E-state index contributed by atoms with van der Waals surface area (Å²) in [5.74, 6) is 0.401. The highest BCUT2D eigenvalue weighted by atomic mass is 16.5. The SMILES string of the molecule is CCn1nc(C)cc1C(=O)N1C[C@H]2CN(Cc3ccoc3)CCO[C@H]2C1. The first kappa shape index (κ1) is 17.3. The molecule has 4 heterocycles. The molecule has 0 radical (unpaired) electrons. The monoisotopic (exact) mass is 358 g/mol. The van der Waals surface area contributed by atoms with Gasteiger partial charge in [0.05, 0.1) is 30.9 Å². The van der Waals surface area contributed by atoms with Crippen molar-refractivity contribution < 1.29 is 13.9 Å². The number of carbonyl (C=O) groups excluding carboxylic acids is 1. The Hall–Kier alpha value is -2.12. The quantitative estimate of drug-likeness (QED) is 0.834. The molecule has 26 heavy (non-hydrogen) atoms. The summed E-state index contributed by atoms with van der Waals surface area (Å²) in [6.45, 7) is 9.44. The van der Waals surface area contributed by atoms with Gasteiger partial charge in [-0.15, -0.1) is 0 Å². The van der Waals surface area contributed by atoms with Crippen molar-refractivity contribution >= 4 is 5.91 Å². The second-order valence-electron chi connectivity index (χ2n) is 7.23. The minimum Gasteiger partial charge on any atom is -0.472 e. The second kappa shape index (κ2) is 7.25. The summed E-state index contributed by atoms with van der Waals surface area (Å²) in [5.41, 5.74) is 2.74. The van der Waals surface area contributed by atoms with E-state index >= 15 is 0 Å². The summed E-state index contributed by atoms with van der Waals surface area (Å²) in [6.07, 6.45) is 3.62. The van der Waals surface area contributed by atoms with Crippen LogP contribution in [-0.4, -0.2) is 64.4 Å². The van der Waals surface area contributed by atoms with Crippen LogP contribution in [0, 0.1) is 12.8 Å². The number of furan rings is 1. The van der Waals surface area contributed by atoms with Gasteiger partial charge >= 0.3 is 0 Å². The van der Waals surface area contributed by atoms with Gasteiger partial charge in [-0.05, 0) is 26.0 Å². The maximum atomic E-state index is 13.0. The zero-order valence-corrected chi connectivity index (χ0v) is 15.4. The third kappa shape index (κ3) is 3.41. The van der Waals surface area contributed by atoms with Gasteiger partial charge in [0.1, 0.15) is 5.69 Å². The van der Waals surface area contributed by atoms with Crippen molar-refractivity contribution in [2.75, 3.05) is 32.8 Å². The van der Waals surface area contributed by atoms with E-state index in [-0.39, 0.29) is 12.0 Å². The van der Waals surface area contributed by atoms with Gasteiger partial charge in [-0.1, -0.05) is 0 Å². The second-order valence-corrected chi connectivity index (χ2v) is 7.23. The van der Waals surface area contributed by atoms with Gasteiger partial charge in [0, 0.05) is 50.7 Å². The number of likely N-dealkylation sites (tertiary alicyclic amines) is 1. The van der Waals surface area contributed by atoms with E-state index in [1.807, 2.05) is 30.9 Å². The largest absolute Gasteiger partial charge is 0.472 e. The fourth-order valence-corrected chi connectivity index (χ4v) is 4.03. The third-order valence-electron chi connectivity index (χ3n) is 5.31. The Kier molecular flexibility index (Phi) is 4.82. The molecule has 0 N–H and O–H groups in total. The van der Waals surface area contributed by atoms with E-state index in [9.17, 15) is 4.79 Å². The summed E-state index contributed by atoms with van der Waals surface area (Å²) in [6, 6.07) is 3.88. The molecule has 2 aliphatic heterocycles. The number of fused-ring (bicyclic) bond motifs is 1. The smallest absolute Gasteiger partial charge is 0.272 e. The molecule has 2 saturated heterocycles. The van der Waals surface area contributed by atoms with Crippen LogP contribution in [-0.2, 0) is 17.8 Å². The maximum Gasteiger partial charge on any atom is 0.272 e. The predicted molar refractivity (Wildman–Crippen MR) is 95.8 cm³/mol. The van der Waals surface area contributed by atoms with E-state index in [4.69, 9.17) is 9.15 Å². The first-order chi connectivity index (χ1) is 12.6. The zero-order chi connectivity index (χ0) is 18.1. The lowest BCUT2D eigenvalue weighted by Crippen LogP contribution is -2.34. The topological polar surface area (TPSA) is 63.7 Å². The van der Waals surface area contributed by atoms with Gasteiger partial charge in [-0.2, -0.15) is 5.10 Å². The number of aryl methyl sites for hydroxylation is 2. The van der Waals surface area contributed by atoms with Crippen molar-refractivity contribution in [2.24, 2.45) is 5.92 Å². The first-order valence-corrected chi connectivity index (χ1v) is 9.32. The molecule has 2 aliphatic rings. The molecular formula is C19H26N4O3. The molecule has 1 amide bonds. The van der Waals surface area contributed by atoms with Crippen LogP contribution in [0.3, 0.4) is 0 Å². The summed E-state index contributed by atoms with van der Waals surface area (Å²) < 4.78 is 13.0. The third-order valence-corrected chi connectivity index (χ3v) is 5.31. The van der Waals surface area contributed by atoms with Crippen molar-refractivity contribution in [1.29, 1.82) is 0 Å². The molecule has 0 unspecified atom stereocenters. The lowest BCUT2D eigenvalue weighted by molar-refractivity contribution is 0.0480. The fraction of sp³-hybridized carbons (Fsp3) is 0.579. The highest BCUT2D eigenvalue weighted by Crippen LogP contribution is 2.26. The Bertz CT molecular complexity index is 755. The fourth-order valence-electron chi connectivity index (χ4n) is 4.03. The van der Waals surface area contributed by atoms with Crippen molar-refractivity contribution in [1.82, 2.24) is 19.6 Å². The van der Waals surface area contributed by atoms with E-state index in [0.717, 1.165) is 31.9 Å². The van der Waals surface area contributed by atoms with Crippen LogP contribution in [0.2, 0.25) is 0 Å². The van der Waals surface area contributed by atoms with E-state index in [0.29, 0.717) is 31.3 Å². The minimum absolute atomic E-state index is 0.0607. The van der Waals surface area contributed by atoms with Crippen LogP contribution < -0.4 is 0 Å². The van der Waals surface area contributed by atoms with Crippen LogP contribution >= 0.6 is 0 Å². The Labute approximate surface area is 153 Å². The zero-order valence-electron chi connectivity index (χ0n) is 15.4. The number of carbonyl (C=O) groups is 1. The van der Waals surface area contributed by atoms with Crippen molar-refractivity contribution in [2.45, 2.75) is 33.0 Å². The number of rotatable bonds is 4. The molecule has 7 nitrogen and oxygen atoms in total. The number of hydrogen-bond donors (Lipinski definition) is 0. The van der Waals surface area contributed by atoms with Gasteiger partial charge in [0.25, 0.3) is 5.91 Å². The maximum absolute atomic E-state index is 13.0. The van der Waals surface area contributed by atoms with Crippen LogP contribution in [0.5, 0.6) is 0 Å². The molecule has 2 atom stereocenters. The molecule has 0 bridgehead atoms.